The lowest BCUT2D eigenvalue weighted by molar-refractivity contribution is 0.637. The second-order valence-electron chi connectivity index (χ2n) is 16.4. The molecule has 0 saturated carbocycles. The molecule has 4 nitrogen and oxygen atoms in total. The fourth-order valence-corrected chi connectivity index (χ4v) is 11.1. The molecule has 4 heteroatoms. The lowest BCUT2D eigenvalue weighted by Crippen LogP contribution is -2.35. The third kappa shape index (κ3) is 4.18. The summed E-state index contributed by atoms with van der Waals surface area (Å²) in [5.74, 6) is 0. The third-order valence-corrected chi connectivity index (χ3v) is 13.5. The van der Waals surface area contributed by atoms with Crippen LogP contribution in [0.25, 0.3) is 93.6 Å². The van der Waals surface area contributed by atoms with Crippen molar-refractivity contribution >= 4 is 76.6 Å². The van der Waals surface area contributed by atoms with Crippen LogP contribution in [0.3, 0.4) is 0 Å². The van der Waals surface area contributed by atoms with Crippen molar-refractivity contribution in [1.82, 2.24) is 13.7 Å². The number of hydrogen-bond acceptors (Lipinski definition) is 1. The molecule has 0 bridgehead atoms. The van der Waals surface area contributed by atoms with Gasteiger partial charge in [-0.3, -0.25) is 4.57 Å². The van der Waals surface area contributed by atoms with E-state index in [-0.39, 0.29) is 0 Å². The van der Waals surface area contributed by atoms with E-state index in [0.717, 1.165) is 39.1 Å². The van der Waals surface area contributed by atoms with Crippen LogP contribution >= 0.6 is 0 Å². The normalized spacial score (nSPS) is 13.4. The molecule has 14 rings (SSSR count). The average molecular weight is 778 g/mol. The van der Waals surface area contributed by atoms with Gasteiger partial charge < -0.3 is 13.6 Å². The fourth-order valence-electron chi connectivity index (χ4n) is 11.1. The Balaban J connectivity index is 1.06. The number of benzene rings is 9. The number of aromatic nitrogens is 3. The average Bonchev–Trinajstić information content (AvgIpc) is 4.06. The molecule has 0 N–H and O–H groups in total. The molecule has 0 atom stereocenters. The highest BCUT2D eigenvalue weighted by Crippen LogP contribution is 2.55. The molecule has 0 fully saturated rings. The maximum Gasteiger partial charge on any atom is 0.213 e. The predicted octanol–water partition coefficient (Wildman–Crippen LogP) is 14.4. The quantitative estimate of drug-likeness (QED) is 0.175. The smallest absolute Gasteiger partial charge is 0.213 e. The highest BCUT2D eigenvalue weighted by atomic mass is 16.3. The van der Waals surface area contributed by atoms with Crippen LogP contribution in [0.1, 0.15) is 22.3 Å². The number of furan rings is 1. The van der Waals surface area contributed by atoms with Crippen molar-refractivity contribution in [2.75, 3.05) is 0 Å². The van der Waals surface area contributed by atoms with Crippen LogP contribution in [0.4, 0.5) is 0 Å². The Bertz CT molecular complexity index is 3670. The van der Waals surface area contributed by atoms with E-state index in [4.69, 9.17) is 4.42 Å². The summed E-state index contributed by atoms with van der Waals surface area (Å²) in [7, 11) is 0. The Morgan fingerprint density at radius 3 is 1.30 bits per heavy atom. The molecule has 4 aromatic heterocycles. The molecule has 0 unspecified atom stereocenters. The van der Waals surface area contributed by atoms with Gasteiger partial charge in [-0.25, -0.2) is 0 Å². The summed E-state index contributed by atoms with van der Waals surface area (Å²) >= 11 is 0. The lowest BCUT2D eigenvalue weighted by atomic mass is 9.63. The molecular formula is C57H35N3O. The van der Waals surface area contributed by atoms with E-state index < -0.39 is 5.41 Å². The predicted molar refractivity (Wildman–Crippen MR) is 251 cm³/mol. The molecule has 0 aliphatic carbocycles. The van der Waals surface area contributed by atoms with Gasteiger partial charge in [0, 0.05) is 43.7 Å². The molecule has 0 radical (unpaired) electrons. The molecule has 284 valence electrons. The molecule has 13 aromatic rings. The minimum atomic E-state index is -0.670. The summed E-state index contributed by atoms with van der Waals surface area (Å²) in [5.41, 5.74) is 15.3. The minimum absolute atomic E-state index is 0.670. The van der Waals surface area contributed by atoms with Crippen molar-refractivity contribution in [3.63, 3.8) is 0 Å². The molecule has 9 aromatic carbocycles. The summed E-state index contributed by atoms with van der Waals surface area (Å²) in [6.07, 6.45) is 0. The fraction of sp³-hybridized carbons (Fsp3) is 0.0175. The van der Waals surface area contributed by atoms with E-state index >= 15 is 0 Å². The van der Waals surface area contributed by atoms with Gasteiger partial charge in [-0.05, 0) is 82.9 Å². The van der Waals surface area contributed by atoms with E-state index in [9.17, 15) is 0 Å². The molecule has 1 aliphatic rings. The zero-order valence-electron chi connectivity index (χ0n) is 33.0. The van der Waals surface area contributed by atoms with Crippen molar-refractivity contribution in [2.45, 2.75) is 5.41 Å². The first-order valence-corrected chi connectivity index (χ1v) is 21.0. The van der Waals surface area contributed by atoms with Crippen LogP contribution in [-0.2, 0) is 5.41 Å². The van der Waals surface area contributed by atoms with Crippen LogP contribution in [0.5, 0.6) is 0 Å². The van der Waals surface area contributed by atoms with E-state index in [1.807, 2.05) is 0 Å². The maximum atomic E-state index is 6.80. The van der Waals surface area contributed by atoms with Gasteiger partial charge in [-0.15, -0.1) is 0 Å². The summed E-state index contributed by atoms with van der Waals surface area (Å²) in [6, 6.07) is 77.9. The Morgan fingerprint density at radius 1 is 0.328 bits per heavy atom. The molecule has 0 saturated heterocycles. The molecule has 1 aliphatic heterocycles. The molecule has 0 spiro atoms. The van der Waals surface area contributed by atoms with E-state index in [2.05, 4.69) is 226 Å². The highest BCUT2D eigenvalue weighted by molar-refractivity contribution is 6.21. The Hall–Kier alpha value is -8.08. The minimum Gasteiger partial charge on any atom is -0.439 e. The maximum absolute atomic E-state index is 6.80. The first-order valence-electron chi connectivity index (χ1n) is 21.0. The summed E-state index contributed by atoms with van der Waals surface area (Å²) in [5, 5.41) is 8.51. The number of para-hydroxylation sites is 7. The van der Waals surface area contributed by atoms with Crippen LogP contribution in [-0.4, -0.2) is 13.7 Å². The van der Waals surface area contributed by atoms with Crippen molar-refractivity contribution in [2.24, 2.45) is 0 Å². The summed E-state index contributed by atoms with van der Waals surface area (Å²) in [4.78, 5) is 0. The van der Waals surface area contributed by atoms with Crippen molar-refractivity contribution in [3.8, 4) is 17.1 Å². The number of nitrogens with zero attached hydrogens (tertiary/aromatic N) is 3. The number of hydrogen-bond donors (Lipinski definition) is 0. The van der Waals surface area contributed by atoms with E-state index in [0.29, 0.717) is 0 Å². The van der Waals surface area contributed by atoms with Gasteiger partial charge >= 0.3 is 0 Å². The van der Waals surface area contributed by atoms with Gasteiger partial charge in [0.15, 0.2) is 0 Å². The van der Waals surface area contributed by atoms with Gasteiger partial charge in [0.1, 0.15) is 5.58 Å². The van der Waals surface area contributed by atoms with Gasteiger partial charge in [-0.2, -0.15) is 0 Å². The zero-order chi connectivity index (χ0) is 39.8. The lowest BCUT2D eigenvalue weighted by Gasteiger charge is -2.41. The SMILES string of the molecule is c1ccc2c(c1)-n1c3oc4ccccc4c3c3cccc(c31)C2(c1ccc(-n2c3ccccc3c3ccccc32)cc1)c1ccc(-n2c3ccccc3c3ccccc32)cc1. The van der Waals surface area contributed by atoms with Gasteiger partial charge in [0.2, 0.25) is 5.71 Å². The topological polar surface area (TPSA) is 27.9 Å². The highest BCUT2D eigenvalue weighted by Gasteiger charge is 2.46. The Morgan fingerprint density at radius 2 is 0.754 bits per heavy atom. The van der Waals surface area contributed by atoms with Gasteiger partial charge in [-0.1, -0.05) is 152 Å². The number of fused-ring (bicyclic) bond motifs is 13. The first kappa shape index (κ1) is 32.8. The van der Waals surface area contributed by atoms with Gasteiger partial charge in [0.25, 0.3) is 0 Å². The number of rotatable bonds is 4. The summed E-state index contributed by atoms with van der Waals surface area (Å²) < 4.78 is 14.0. The van der Waals surface area contributed by atoms with Crippen LogP contribution in [0.15, 0.2) is 217 Å². The van der Waals surface area contributed by atoms with E-state index in [1.165, 1.54) is 76.8 Å². The molecule has 5 heterocycles. The largest absolute Gasteiger partial charge is 0.439 e. The second kappa shape index (κ2) is 12.0. The Kier molecular flexibility index (Phi) is 6.46. The van der Waals surface area contributed by atoms with Crippen LogP contribution in [0, 0.1) is 0 Å². The van der Waals surface area contributed by atoms with Crippen LogP contribution < -0.4 is 0 Å². The Labute approximate surface area is 350 Å². The third-order valence-electron chi connectivity index (χ3n) is 13.5. The first-order chi connectivity index (χ1) is 30.3. The van der Waals surface area contributed by atoms with Gasteiger partial charge in [0.05, 0.1) is 44.1 Å². The standard InChI is InChI=1S/C57H35N3O/c1-7-22-48-40(14-1)41-15-2-8-23-49(41)58(48)38-32-28-36(29-33-38)57(37-30-34-39(35-31-37)59-50-24-9-3-16-42(50)43-17-4-10-25-51(43)59)46-20-6-11-26-52(46)60-55-45(19-13-21-47(55)57)54-44-18-5-12-27-53(44)61-56(54)60/h1-35H. The second-order valence-corrected chi connectivity index (χ2v) is 16.4. The zero-order valence-corrected chi connectivity index (χ0v) is 33.0. The monoisotopic (exact) mass is 777 g/mol. The summed E-state index contributed by atoms with van der Waals surface area (Å²) in [6.45, 7) is 0. The van der Waals surface area contributed by atoms with Crippen molar-refractivity contribution in [3.05, 3.63) is 235 Å². The van der Waals surface area contributed by atoms with E-state index in [1.54, 1.807) is 0 Å². The van der Waals surface area contributed by atoms with Crippen LogP contribution in [0.2, 0.25) is 0 Å². The van der Waals surface area contributed by atoms with Crippen molar-refractivity contribution < 1.29 is 4.42 Å². The molecule has 61 heavy (non-hydrogen) atoms. The molecule has 0 amide bonds. The molecular weight excluding hydrogens is 743 g/mol. The van der Waals surface area contributed by atoms with Crippen molar-refractivity contribution in [1.29, 1.82) is 0 Å².